The van der Waals surface area contributed by atoms with Crippen LogP contribution < -0.4 is 0 Å². The van der Waals surface area contributed by atoms with Gasteiger partial charge in [0.05, 0.1) is 0 Å². The van der Waals surface area contributed by atoms with Gasteiger partial charge in [0.1, 0.15) is 6.10 Å². The van der Waals surface area contributed by atoms with Gasteiger partial charge in [0.2, 0.25) is 0 Å². The number of unbranched alkanes of at least 4 members (excludes halogenated alkanes) is 1. The number of aliphatic hydroxyl groups excluding tert-OH is 1. The number of allylic oxidation sites excluding steroid dienone is 4. The molecule has 0 radical (unpaired) electrons. The zero-order valence-electron chi connectivity index (χ0n) is 10.3. The lowest BCUT2D eigenvalue weighted by Crippen LogP contribution is -2.04. The first-order valence-electron chi connectivity index (χ1n) is 5.83. The fraction of sp³-hybridized carbons (Fsp3) is 0.400. The monoisotopic (exact) mass is 246 g/mol. The highest BCUT2D eigenvalue weighted by Gasteiger charge is 2.01. The molecule has 0 aromatic rings. The number of carboxylic acid groups (broad SMARTS) is 1. The third kappa shape index (κ3) is 12.1. The minimum absolute atomic E-state index is 0.0620. The van der Waals surface area contributed by atoms with Crippen molar-refractivity contribution in [2.45, 2.75) is 38.2 Å². The van der Waals surface area contributed by atoms with Crippen molar-refractivity contribution in [1.29, 1.82) is 0 Å². The molecule has 0 unspecified atom stereocenters. The largest absolute Gasteiger partial charge is 0.481 e. The van der Waals surface area contributed by atoms with Crippen molar-refractivity contribution in [3.05, 3.63) is 24.3 Å². The summed E-state index contributed by atoms with van der Waals surface area (Å²) in [6.07, 6.45) is 14.0. The van der Waals surface area contributed by atoms with Crippen LogP contribution in [0.15, 0.2) is 24.3 Å². The maximum atomic E-state index is 10.2. The van der Waals surface area contributed by atoms with E-state index in [2.05, 4.69) is 17.8 Å². The summed E-state index contributed by atoms with van der Waals surface area (Å²) >= 11 is 0. The summed E-state index contributed by atoms with van der Waals surface area (Å²) in [5.41, 5.74) is 0. The van der Waals surface area contributed by atoms with Crippen molar-refractivity contribution < 1.29 is 15.0 Å². The van der Waals surface area contributed by atoms with Gasteiger partial charge in [0.25, 0.3) is 0 Å². The zero-order chi connectivity index (χ0) is 13.6. The van der Waals surface area contributed by atoms with E-state index < -0.39 is 12.1 Å². The van der Waals surface area contributed by atoms with E-state index in [0.29, 0.717) is 12.8 Å². The second kappa shape index (κ2) is 11.5. The van der Waals surface area contributed by atoms with Gasteiger partial charge >= 0.3 is 5.97 Å². The van der Waals surface area contributed by atoms with Gasteiger partial charge in [0, 0.05) is 12.8 Å². The molecule has 0 aliphatic heterocycles. The van der Waals surface area contributed by atoms with E-state index >= 15 is 0 Å². The molecule has 18 heavy (non-hydrogen) atoms. The highest BCUT2D eigenvalue weighted by Crippen LogP contribution is 1.99. The van der Waals surface area contributed by atoms with Crippen molar-refractivity contribution in [3.63, 3.8) is 0 Å². The Morgan fingerprint density at radius 1 is 1.39 bits per heavy atom. The molecule has 0 aromatic heterocycles. The first-order valence-corrected chi connectivity index (χ1v) is 5.83. The van der Waals surface area contributed by atoms with Gasteiger partial charge in [-0.05, 0) is 25.3 Å². The van der Waals surface area contributed by atoms with Crippen LogP contribution in [0.25, 0.3) is 0 Å². The second-order valence-electron chi connectivity index (χ2n) is 3.62. The predicted molar refractivity (Wildman–Crippen MR) is 71.6 cm³/mol. The Morgan fingerprint density at radius 2 is 2.17 bits per heavy atom. The van der Waals surface area contributed by atoms with Gasteiger partial charge in [-0.25, -0.2) is 0 Å². The molecular weight excluding hydrogens is 228 g/mol. The maximum Gasteiger partial charge on any atom is 0.303 e. The molecule has 1 atom stereocenters. The molecule has 0 aliphatic carbocycles. The normalized spacial score (nSPS) is 12.0. The van der Waals surface area contributed by atoms with Crippen molar-refractivity contribution in [2.24, 2.45) is 0 Å². The highest BCUT2D eigenvalue weighted by atomic mass is 16.4. The first-order chi connectivity index (χ1) is 8.66. The molecule has 0 bridgehead atoms. The fourth-order valence-corrected chi connectivity index (χ4v) is 1.11. The SMILES string of the molecule is C#CCCC=CC=CC#C[C@@H](O)CCCC(=O)O. The Hall–Kier alpha value is -1.97. The lowest BCUT2D eigenvalue weighted by molar-refractivity contribution is -0.137. The van der Waals surface area contributed by atoms with Gasteiger partial charge in [-0.2, -0.15) is 0 Å². The third-order valence-corrected chi connectivity index (χ3v) is 2.00. The molecule has 3 heteroatoms. The van der Waals surface area contributed by atoms with E-state index in [0.717, 1.165) is 12.8 Å². The van der Waals surface area contributed by atoms with Gasteiger partial charge in [-0.3, -0.25) is 4.79 Å². The molecule has 0 saturated carbocycles. The third-order valence-electron chi connectivity index (χ3n) is 2.00. The molecule has 2 N–H and O–H groups in total. The van der Waals surface area contributed by atoms with E-state index in [1.807, 2.05) is 12.2 Å². The van der Waals surface area contributed by atoms with Crippen LogP contribution >= 0.6 is 0 Å². The van der Waals surface area contributed by atoms with E-state index in [4.69, 9.17) is 11.5 Å². The lowest BCUT2D eigenvalue weighted by atomic mass is 10.1. The summed E-state index contributed by atoms with van der Waals surface area (Å²) in [4.78, 5) is 10.2. The van der Waals surface area contributed by atoms with Gasteiger partial charge < -0.3 is 10.2 Å². The number of aliphatic carboxylic acids is 1. The van der Waals surface area contributed by atoms with Crippen LogP contribution in [0, 0.1) is 24.2 Å². The molecular formula is C15H18O3. The average Bonchev–Trinajstić information content (AvgIpc) is 2.32. The number of carboxylic acids is 1. The minimum Gasteiger partial charge on any atom is -0.481 e. The smallest absolute Gasteiger partial charge is 0.303 e. The fourth-order valence-electron chi connectivity index (χ4n) is 1.11. The number of rotatable bonds is 7. The van der Waals surface area contributed by atoms with E-state index in [9.17, 15) is 9.90 Å². The average molecular weight is 246 g/mol. The second-order valence-corrected chi connectivity index (χ2v) is 3.62. The van der Waals surface area contributed by atoms with Crippen molar-refractivity contribution in [1.82, 2.24) is 0 Å². The van der Waals surface area contributed by atoms with Crippen LogP contribution in [0.3, 0.4) is 0 Å². The molecule has 0 aromatic carbocycles. The minimum atomic E-state index is -0.854. The highest BCUT2D eigenvalue weighted by molar-refractivity contribution is 5.66. The number of aliphatic hydroxyl groups is 1. The number of carbonyl (C=O) groups is 1. The number of hydrogen-bond acceptors (Lipinski definition) is 2. The molecule has 0 amide bonds. The Balaban J connectivity index is 3.75. The van der Waals surface area contributed by atoms with Crippen LogP contribution in [0.4, 0.5) is 0 Å². The Morgan fingerprint density at radius 3 is 2.83 bits per heavy atom. The molecule has 0 spiro atoms. The number of terminal acetylenes is 1. The molecule has 0 fully saturated rings. The van der Waals surface area contributed by atoms with Crippen LogP contribution in [-0.4, -0.2) is 22.3 Å². The van der Waals surface area contributed by atoms with Crippen molar-refractivity contribution in [2.75, 3.05) is 0 Å². The molecule has 0 aliphatic rings. The maximum absolute atomic E-state index is 10.2. The molecule has 96 valence electrons. The van der Waals surface area contributed by atoms with Gasteiger partial charge in [-0.1, -0.05) is 30.1 Å². The Bertz CT molecular complexity index is 388. The Kier molecular flexibility index (Phi) is 10.3. The van der Waals surface area contributed by atoms with Crippen LogP contribution in [0.5, 0.6) is 0 Å². The molecule has 0 heterocycles. The van der Waals surface area contributed by atoms with Crippen LogP contribution in [0.2, 0.25) is 0 Å². The Labute approximate surface area is 108 Å². The lowest BCUT2D eigenvalue weighted by Gasteiger charge is -1.99. The van der Waals surface area contributed by atoms with Crippen molar-refractivity contribution >= 4 is 5.97 Å². The summed E-state index contributed by atoms with van der Waals surface area (Å²) in [6, 6.07) is 0. The standard InChI is InChI=1S/C15H18O3/c1-2-3-4-5-6-7-8-9-11-14(16)12-10-13-15(17)18/h1,5-8,14,16H,3-4,10,12-13H2,(H,17,18)/t14-/m1/s1. The van der Waals surface area contributed by atoms with Gasteiger partial charge in [0.15, 0.2) is 0 Å². The topological polar surface area (TPSA) is 57.5 Å². The molecule has 0 rings (SSSR count). The van der Waals surface area contributed by atoms with E-state index in [-0.39, 0.29) is 6.42 Å². The number of hydrogen-bond donors (Lipinski definition) is 2. The zero-order valence-corrected chi connectivity index (χ0v) is 10.3. The first kappa shape index (κ1) is 16.0. The summed E-state index contributed by atoms with van der Waals surface area (Å²) < 4.78 is 0. The summed E-state index contributed by atoms with van der Waals surface area (Å²) in [6.45, 7) is 0. The molecule has 0 saturated heterocycles. The molecule has 3 nitrogen and oxygen atoms in total. The quantitative estimate of drug-likeness (QED) is 0.411. The van der Waals surface area contributed by atoms with E-state index in [1.165, 1.54) is 0 Å². The van der Waals surface area contributed by atoms with Crippen LogP contribution in [0.1, 0.15) is 32.1 Å². The van der Waals surface area contributed by atoms with Gasteiger partial charge in [-0.15, -0.1) is 12.3 Å². The van der Waals surface area contributed by atoms with E-state index in [1.54, 1.807) is 12.2 Å². The predicted octanol–water partition coefficient (Wildman–Crippen LogP) is 2.13. The summed E-state index contributed by atoms with van der Waals surface area (Å²) in [7, 11) is 0. The van der Waals surface area contributed by atoms with Crippen molar-refractivity contribution in [3.8, 4) is 24.2 Å². The summed E-state index contributed by atoms with van der Waals surface area (Å²) in [5, 5.41) is 17.8. The van der Waals surface area contributed by atoms with Crippen LogP contribution in [-0.2, 0) is 4.79 Å². The summed E-state index contributed by atoms with van der Waals surface area (Å²) in [5.74, 6) is 6.99.